The van der Waals surface area contributed by atoms with Crippen molar-refractivity contribution in [3.05, 3.63) is 23.8 Å². The van der Waals surface area contributed by atoms with Crippen molar-refractivity contribution in [2.24, 2.45) is 0 Å². The van der Waals surface area contributed by atoms with E-state index in [1.165, 1.54) is 24.6 Å². The zero-order valence-electron chi connectivity index (χ0n) is 11.6. The maximum atomic E-state index is 12.6. The molecular weight excluding hydrogens is 256 g/mol. The van der Waals surface area contributed by atoms with Crippen molar-refractivity contribution in [3.63, 3.8) is 0 Å². The smallest absolute Gasteiger partial charge is 0.254 e. The molecule has 20 heavy (non-hydrogen) atoms. The van der Waals surface area contributed by atoms with Crippen LogP contribution in [0, 0.1) is 0 Å². The number of benzene rings is 1. The van der Waals surface area contributed by atoms with Gasteiger partial charge in [-0.25, -0.2) is 0 Å². The molecule has 2 heterocycles. The van der Waals surface area contributed by atoms with Crippen LogP contribution < -0.4 is 0 Å². The van der Waals surface area contributed by atoms with Gasteiger partial charge in [-0.2, -0.15) is 0 Å². The summed E-state index contributed by atoms with van der Waals surface area (Å²) in [6.07, 6.45) is 2.34. The van der Waals surface area contributed by atoms with Crippen molar-refractivity contribution in [1.82, 2.24) is 9.80 Å². The van der Waals surface area contributed by atoms with E-state index in [-0.39, 0.29) is 23.4 Å². The number of hydrogen-bond donors (Lipinski definition) is 2. The van der Waals surface area contributed by atoms with E-state index in [2.05, 4.69) is 11.8 Å². The van der Waals surface area contributed by atoms with Gasteiger partial charge in [0.1, 0.15) is 11.5 Å². The van der Waals surface area contributed by atoms with Gasteiger partial charge >= 0.3 is 0 Å². The fraction of sp³-hybridized carbons (Fsp3) is 0.533. The van der Waals surface area contributed by atoms with E-state index in [0.717, 1.165) is 26.1 Å². The predicted molar refractivity (Wildman–Crippen MR) is 74.9 cm³/mol. The summed E-state index contributed by atoms with van der Waals surface area (Å²) in [5.74, 6) is -0.281. The molecule has 0 aromatic heterocycles. The van der Waals surface area contributed by atoms with Gasteiger partial charge in [-0.05, 0) is 38.4 Å². The number of phenols is 2. The Kier molecular flexibility index (Phi) is 3.30. The summed E-state index contributed by atoms with van der Waals surface area (Å²) in [5, 5.41) is 19.0. The summed E-state index contributed by atoms with van der Waals surface area (Å²) in [7, 11) is 0. The van der Waals surface area contributed by atoms with Gasteiger partial charge in [0.15, 0.2) is 0 Å². The van der Waals surface area contributed by atoms with E-state index in [9.17, 15) is 15.0 Å². The maximum Gasteiger partial charge on any atom is 0.254 e. The predicted octanol–water partition coefficient (Wildman–Crippen LogP) is 1.41. The van der Waals surface area contributed by atoms with Crippen molar-refractivity contribution >= 4 is 5.91 Å². The number of piperazine rings is 1. The molecule has 0 radical (unpaired) electrons. The SMILES string of the molecule is CC1CN2CCCC2CN1C(=O)c1cc(O)cc(O)c1. The zero-order chi connectivity index (χ0) is 14.3. The largest absolute Gasteiger partial charge is 0.508 e. The van der Waals surface area contributed by atoms with Crippen LogP contribution >= 0.6 is 0 Å². The van der Waals surface area contributed by atoms with Crippen molar-refractivity contribution in [2.45, 2.75) is 31.8 Å². The van der Waals surface area contributed by atoms with Crippen molar-refractivity contribution in [1.29, 1.82) is 0 Å². The van der Waals surface area contributed by atoms with E-state index in [1.54, 1.807) is 0 Å². The van der Waals surface area contributed by atoms with Gasteiger partial charge in [-0.1, -0.05) is 0 Å². The lowest BCUT2D eigenvalue weighted by atomic mass is 10.1. The molecule has 1 amide bonds. The van der Waals surface area contributed by atoms with E-state index in [1.807, 2.05) is 4.90 Å². The summed E-state index contributed by atoms with van der Waals surface area (Å²) in [6, 6.07) is 4.67. The molecule has 1 aromatic rings. The molecule has 2 unspecified atom stereocenters. The fourth-order valence-electron chi connectivity index (χ4n) is 3.35. The highest BCUT2D eigenvalue weighted by atomic mass is 16.3. The zero-order valence-corrected chi connectivity index (χ0v) is 11.6. The molecule has 108 valence electrons. The average Bonchev–Trinajstić information content (AvgIpc) is 2.82. The maximum absolute atomic E-state index is 12.6. The van der Waals surface area contributed by atoms with Crippen LogP contribution in [-0.4, -0.2) is 57.6 Å². The minimum absolute atomic E-state index is 0.0829. The molecule has 2 atom stereocenters. The van der Waals surface area contributed by atoms with Crippen LogP contribution in [-0.2, 0) is 0 Å². The third-order valence-electron chi connectivity index (χ3n) is 4.35. The number of fused-ring (bicyclic) bond motifs is 1. The highest BCUT2D eigenvalue weighted by Crippen LogP contribution is 2.27. The van der Waals surface area contributed by atoms with Crippen LogP contribution in [0.4, 0.5) is 0 Å². The molecule has 2 N–H and O–H groups in total. The van der Waals surface area contributed by atoms with Crippen molar-refractivity contribution in [3.8, 4) is 11.5 Å². The number of nitrogens with zero attached hydrogens (tertiary/aromatic N) is 2. The number of carbonyl (C=O) groups excluding carboxylic acids is 1. The van der Waals surface area contributed by atoms with Gasteiger partial charge in [0.2, 0.25) is 0 Å². The second kappa shape index (κ2) is 4.98. The van der Waals surface area contributed by atoms with Crippen LogP contribution in [0.1, 0.15) is 30.1 Å². The number of amides is 1. The molecule has 2 aliphatic rings. The molecule has 0 bridgehead atoms. The minimum atomic E-state index is -0.116. The van der Waals surface area contributed by atoms with Gasteiger partial charge in [0.25, 0.3) is 5.91 Å². The molecule has 1 aromatic carbocycles. The Morgan fingerprint density at radius 3 is 2.60 bits per heavy atom. The summed E-state index contributed by atoms with van der Waals surface area (Å²) in [6.45, 7) is 4.82. The minimum Gasteiger partial charge on any atom is -0.508 e. The van der Waals surface area contributed by atoms with Gasteiger partial charge in [0, 0.05) is 36.8 Å². The highest BCUT2D eigenvalue weighted by Gasteiger charge is 2.36. The molecule has 0 saturated carbocycles. The third-order valence-corrected chi connectivity index (χ3v) is 4.35. The molecule has 5 heteroatoms. The molecular formula is C15H20N2O3. The van der Waals surface area contributed by atoms with Crippen LogP contribution in [0.2, 0.25) is 0 Å². The van der Waals surface area contributed by atoms with Crippen molar-refractivity contribution in [2.75, 3.05) is 19.6 Å². The van der Waals surface area contributed by atoms with E-state index in [4.69, 9.17) is 0 Å². The Bertz CT molecular complexity index is 512. The van der Waals surface area contributed by atoms with E-state index >= 15 is 0 Å². The second-order valence-electron chi connectivity index (χ2n) is 5.84. The molecule has 2 aliphatic heterocycles. The van der Waals surface area contributed by atoms with Crippen LogP contribution in [0.5, 0.6) is 11.5 Å². The summed E-state index contributed by atoms with van der Waals surface area (Å²) in [4.78, 5) is 16.9. The quantitative estimate of drug-likeness (QED) is 0.814. The lowest BCUT2D eigenvalue weighted by molar-refractivity contribution is 0.0395. The molecule has 2 saturated heterocycles. The van der Waals surface area contributed by atoms with Gasteiger partial charge in [-0.15, -0.1) is 0 Å². The first-order valence-electron chi connectivity index (χ1n) is 7.12. The number of phenolic OH excluding ortho intramolecular Hbond substituents is 2. The first kappa shape index (κ1) is 13.2. The topological polar surface area (TPSA) is 64.0 Å². The molecule has 0 spiro atoms. The third kappa shape index (κ3) is 2.33. The van der Waals surface area contributed by atoms with Crippen molar-refractivity contribution < 1.29 is 15.0 Å². The molecule has 2 fully saturated rings. The second-order valence-corrected chi connectivity index (χ2v) is 5.84. The number of rotatable bonds is 1. The monoisotopic (exact) mass is 276 g/mol. The summed E-state index contributed by atoms with van der Waals surface area (Å²) >= 11 is 0. The Labute approximate surface area is 118 Å². The Morgan fingerprint density at radius 1 is 1.20 bits per heavy atom. The van der Waals surface area contributed by atoms with Gasteiger partial charge in [-0.3, -0.25) is 9.69 Å². The lowest BCUT2D eigenvalue weighted by Crippen LogP contribution is -2.56. The Morgan fingerprint density at radius 2 is 1.90 bits per heavy atom. The van der Waals surface area contributed by atoms with E-state index in [0.29, 0.717) is 11.6 Å². The highest BCUT2D eigenvalue weighted by molar-refractivity contribution is 5.95. The average molecular weight is 276 g/mol. The number of hydrogen-bond acceptors (Lipinski definition) is 4. The number of carbonyl (C=O) groups is 1. The Hall–Kier alpha value is -1.75. The summed E-state index contributed by atoms with van der Waals surface area (Å²) in [5.41, 5.74) is 0.348. The normalized spacial score (nSPS) is 26.6. The summed E-state index contributed by atoms with van der Waals surface area (Å²) < 4.78 is 0. The first-order valence-corrected chi connectivity index (χ1v) is 7.12. The number of aromatic hydroxyl groups is 2. The lowest BCUT2D eigenvalue weighted by Gasteiger charge is -2.42. The molecule has 0 aliphatic carbocycles. The molecule has 3 rings (SSSR count). The van der Waals surface area contributed by atoms with Crippen LogP contribution in [0.15, 0.2) is 18.2 Å². The fourth-order valence-corrected chi connectivity index (χ4v) is 3.35. The van der Waals surface area contributed by atoms with Gasteiger partial charge in [0.05, 0.1) is 0 Å². The Balaban J connectivity index is 1.82. The molecule has 5 nitrogen and oxygen atoms in total. The van der Waals surface area contributed by atoms with Crippen LogP contribution in [0.25, 0.3) is 0 Å². The first-order chi connectivity index (χ1) is 9.54. The van der Waals surface area contributed by atoms with Gasteiger partial charge < -0.3 is 15.1 Å². The standard InChI is InChI=1S/C15H20N2O3/c1-10-8-16-4-2-3-12(16)9-17(10)15(20)11-5-13(18)7-14(19)6-11/h5-7,10,12,18-19H,2-4,8-9H2,1H3. The van der Waals surface area contributed by atoms with Crippen LogP contribution in [0.3, 0.4) is 0 Å². The van der Waals surface area contributed by atoms with E-state index < -0.39 is 0 Å².